The quantitative estimate of drug-likeness (QED) is 0.279. The van der Waals surface area contributed by atoms with Gasteiger partial charge in [0.05, 0.1) is 5.52 Å². The summed E-state index contributed by atoms with van der Waals surface area (Å²) in [6.07, 6.45) is 3.90. The van der Waals surface area contributed by atoms with E-state index in [-0.39, 0.29) is 29.8 Å². The van der Waals surface area contributed by atoms with Gasteiger partial charge in [-0.2, -0.15) is 0 Å². The normalized spacial score (nSPS) is 10.8. The molecule has 0 saturated heterocycles. The van der Waals surface area contributed by atoms with Gasteiger partial charge in [-0.05, 0) is 42.7 Å². The van der Waals surface area contributed by atoms with Crippen molar-refractivity contribution in [2.75, 3.05) is 0 Å². The fourth-order valence-corrected chi connectivity index (χ4v) is 3.37. The second-order valence-corrected chi connectivity index (χ2v) is 7.24. The number of rotatable bonds is 9. The lowest BCUT2D eigenvalue weighted by Crippen LogP contribution is -2.29. The number of pyridine rings is 1. The van der Waals surface area contributed by atoms with Crippen LogP contribution in [0.25, 0.3) is 10.9 Å². The van der Waals surface area contributed by atoms with Crippen molar-refractivity contribution in [3.63, 3.8) is 0 Å². The topological polar surface area (TPSA) is 100 Å². The molecule has 8 heteroatoms. The summed E-state index contributed by atoms with van der Waals surface area (Å²) in [6, 6.07) is 12.9. The Balaban J connectivity index is 1.75. The summed E-state index contributed by atoms with van der Waals surface area (Å²) in [5.41, 5.74) is 2.76. The van der Waals surface area contributed by atoms with Crippen molar-refractivity contribution in [1.82, 2.24) is 15.4 Å². The van der Waals surface area contributed by atoms with Crippen LogP contribution in [0.1, 0.15) is 41.6 Å². The largest absolute Gasteiger partial charge is 0.348 e. The minimum absolute atomic E-state index is 0.0421. The maximum atomic E-state index is 13.0. The summed E-state index contributed by atoms with van der Waals surface area (Å²) in [7, 11) is 0. The van der Waals surface area contributed by atoms with Crippen LogP contribution in [0.4, 0.5) is 4.39 Å². The molecule has 0 saturated carbocycles. The van der Waals surface area contributed by atoms with E-state index in [1.165, 1.54) is 12.1 Å². The maximum Gasteiger partial charge on any atom is 0.257 e. The van der Waals surface area contributed by atoms with Crippen LogP contribution in [0.15, 0.2) is 59.5 Å². The number of hydrogen-bond donors (Lipinski definition) is 3. The molecule has 0 radical (unpaired) electrons. The van der Waals surface area contributed by atoms with E-state index in [2.05, 4.69) is 5.32 Å². The number of carbonyl (C=O) groups is 2. The van der Waals surface area contributed by atoms with E-state index < -0.39 is 11.8 Å². The molecule has 0 fully saturated rings. The van der Waals surface area contributed by atoms with Gasteiger partial charge in [-0.15, -0.1) is 0 Å². The first-order valence-corrected chi connectivity index (χ1v) is 10.1. The fourth-order valence-electron chi connectivity index (χ4n) is 3.37. The standard InChI is InChI=1S/C23H24FN3O4/c24-17-11-9-16(10-12-17)14-25-23(30)19-15-27(13-5-1-2-8-21(28)26-31)20-7-4-3-6-18(20)22(19)29/h3-4,6-7,9-12,15,31H,1-2,5,8,13-14H2,(H,25,30)(H,26,28). The van der Waals surface area contributed by atoms with Gasteiger partial charge in [-0.25, -0.2) is 9.87 Å². The molecule has 0 aliphatic carbocycles. The van der Waals surface area contributed by atoms with Gasteiger partial charge in [-0.3, -0.25) is 19.6 Å². The number of carbonyl (C=O) groups excluding carboxylic acids is 2. The number of nitrogens with zero attached hydrogens (tertiary/aromatic N) is 1. The van der Waals surface area contributed by atoms with Crippen molar-refractivity contribution in [2.24, 2.45) is 0 Å². The molecule has 0 bridgehead atoms. The zero-order valence-electron chi connectivity index (χ0n) is 16.9. The smallest absolute Gasteiger partial charge is 0.257 e. The molecule has 0 aliphatic heterocycles. The molecule has 7 nitrogen and oxygen atoms in total. The van der Waals surface area contributed by atoms with E-state index in [4.69, 9.17) is 5.21 Å². The second-order valence-electron chi connectivity index (χ2n) is 7.24. The highest BCUT2D eigenvalue weighted by molar-refractivity contribution is 5.97. The summed E-state index contributed by atoms with van der Waals surface area (Å²) in [6.45, 7) is 0.748. The Morgan fingerprint density at radius 2 is 1.74 bits per heavy atom. The Labute approximate surface area is 178 Å². The monoisotopic (exact) mass is 425 g/mol. The third-order valence-corrected chi connectivity index (χ3v) is 5.03. The number of unbranched alkanes of at least 4 members (excludes halogenated alkanes) is 2. The van der Waals surface area contributed by atoms with Crippen molar-refractivity contribution in [3.8, 4) is 0 Å². The summed E-state index contributed by atoms with van der Waals surface area (Å²) in [5.74, 6) is -1.27. The Morgan fingerprint density at radius 1 is 1.00 bits per heavy atom. The van der Waals surface area contributed by atoms with Crippen molar-refractivity contribution in [3.05, 3.63) is 81.9 Å². The molecule has 1 heterocycles. The Hall–Kier alpha value is -3.52. The Morgan fingerprint density at radius 3 is 2.48 bits per heavy atom. The van der Waals surface area contributed by atoms with Crippen LogP contribution in [-0.2, 0) is 17.9 Å². The van der Waals surface area contributed by atoms with Gasteiger partial charge < -0.3 is 9.88 Å². The van der Waals surface area contributed by atoms with E-state index in [0.717, 1.165) is 23.9 Å². The lowest BCUT2D eigenvalue weighted by atomic mass is 10.1. The summed E-state index contributed by atoms with van der Waals surface area (Å²) in [5, 5.41) is 11.7. The number of halogens is 1. The maximum absolute atomic E-state index is 13.0. The first kappa shape index (κ1) is 22.2. The number of aromatic nitrogens is 1. The average molecular weight is 425 g/mol. The van der Waals surface area contributed by atoms with Gasteiger partial charge in [-0.1, -0.05) is 30.7 Å². The minimum atomic E-state index is -0.492. The molecule has 2 aromatic carbocycles. The number of amides is 2. The molecule has 0 aliphatic rings. The molecule has 1 aromatic heterocycles. The number of nitrogens with one attached hydrogen (secondary N) is 2. The average Bonchev–Trinajstić information content (AvgIpc) is 2.79. The molecular weight excluding hydrogens is 401 g/mol. The van der Waals surface area contributed by atoms with Gasteiger partial charge in [0.2, 0.25) is 11.3 Å². The summed E-state index contributed by atoms with van der Waals surface area (Å²) >= 11 is 0. The van der Waals surface area contributed by atoms with Gasteiger partial charge >= 0.3 is 0 Å². The van der Waals surface area contributed by atoms with Crippen molar-refractivity contribution in [2.45, 2.75) is 38.8 Å². The first-order chi connectivity index (χ1) is 15.0. The first-order valence-electron chi connectivity index (χ1n) is 10.1. The highest BCUT2D eigenvalue weighted by atomic mass is 19.1. The zero-order chi connectivity index (χ0) is 22.2. The van der Waals surface area contributed by atoms with Gasteiger partial charge in [0.15, 0.2) is 0 Å². The number of benzene rings is 2. The van der Waals surface area contributed by atoms with Gasteiger partial charge in [0, 0.05) is 31.1 Å². The van der Waals surface area contributed by atoms with Crippen LogP contribution >= 0.6 is 0 Å². The van der Waals surface area contributed by atoms with Crippen LogP contribution < -0.4 is 16.2 Å². The fraction of sp³-hybridized carbons (Fsp3) is 0.261. The van der Waals surface area contributed by atoms with E-state index in [0.29, 0.717) is 18.4 Å². The summed E-state index contributed by atoms with van der Waals surface area (Å²) < 4.78 is 14.9. The number of fused-ring (bicyclic) bond motifs is 1. The number of para-hydroxylation sites is 1. The van der Waals surface area contributed by atoms with Crippen LogP contribution in [0.5, 0.6) is 0 Å². The molecule has 0 atom stereocenters. The van der Waals surface area contributed by atoms with Gasteiger partial charge in [0.25, 0.3) is 5.91 Å². The molecule has 31 heavy (non-hydrogen) atoms. The number of aryl methyl sites for hydroxylation is 1. The lowest BCUT2D eigenvalue weighted by molar-refractivity contribution is -0.129. The van der Waals surface area contributed by atoms with Crippen molar-refractivity contribution in [1.29, 1.82) is 0 Å². The van der Waals surface area contributed by atoms with Crippen molar-refractivity contribution < 1.29 is 19.2 Å². The van der Waals surface area contributed by atoms with E-state index in [9.17, 15) is 18.8 Å². The predicted molar refractivity (Wildman–Crippen MR) is 114 cm³/mol. The Kier molecular flexibility index (Phi) is 7.50. The van der Waals surface area contributed by atoms with E-state index in [1.807, 2.05) is 16.7 Å². The predicted octanol–water partition coefficient (Wildman–Crippen LogP) is 3.14. The molecular formula is C23H24FN3O4. The molecule has 3 rings (SSSR count). The molecule has 3 N–H and O–H groups in total. The highest BCUT2D eigenvalue weighted by Crippen LogP contribution is 2.14. The summed E-state index contributed by atoms with van der Waals surface area (Å²) in [4.78, 5) is 36.7. The third kappa shape index (κ3) is 5.76. The molecule has 0 spiro atoms. The number of hydroxylamine groups is 1. The van der Waals surface area contributed by atoms with Crippen LogP contribution in [0.3, 0.4) is 0 Å². The molecule has 2 amide bonds. The molecule has 0 unspecified atom stereocenters. The van der Waals surface area contributed by atoms with Crippen LogP contribution in [0.2, 0.25) is 0 Å². The Bertz CT molecular complexity index is 1130. The SMILES string of the molecule is O=C(CCCCCn1cc(C(=O)NCc2ccc(F)cc2)c(=O)c2ccccc21)NO. The third-order valence-electron chi connectivity index (χ3n) is 5.03. The lowest BCUT2D eigenvalue weighted by Gasteiger charge is -2.14. The number of hydrogen-bond acceptors (Lipinski definition) is 4. The molecule has 162 valence electrons. The van der Waals surface area contributed by atoms with Crippen LogP contribution in [-0.4, -0.2) is 21.6 Å². The highest BCUT2D eigenvalue weighted by Gasteiger charge is 2.15. The van der Waals surface area contributed by atoms with E-state index >= 15 is 0 Å². The minimum Gasteiger partial charge on any atom is -0.348 e. The van der Waals surface area contributed by atoms with E-state index in [1.54, 1.807) is 35.9 Å². The van der Waals surface area contributed by atoms with Crippen molar-refractivity contribution >= 4 is 22.7 Å². The second kappa shape index (κ2) is 10.5. The zero-order valence-corrected chi connectivity index (χ0v) is 16.9. The van der Waals surface area contributed by atoms with Gasteiger partial charge in [0.1, 0.15) is 11.4 Å². The molecule has 3 aromatic rings. The van der Waals surface area contributed by atoms with Crippen LogP contribution in [0, 0.1) is 5.82 Å².